The molecule has 0 atom stereocenters. The quantitative estimate of drug-likeness (QED) is 0.325. The van der Waals surface area contributed by atoms with Gasteiger partial charge in [0.15, 0.2) is 0 Å². The molecule has 158 valence electrons. The van der Waals surface area contributed by atoms with Gasteiger partial charge in [-0.1, -0.05) is 24.6 Å². The number of unbranched alkanes of at least 4 members (excludes halogenated alkanes) is 2. The average molecular weight is 401 g/mol. The molecule has 1 saturated heterocycles. The van der Waals surface area contributed by atoms with Gasteiger partial charge in [0.2, 0.25) is 11.8 Å². The predicted octanol–water partition coefficient (Wildman–Crippen LogP) is 2.70. The molecule has 1 fully saturated rings. The Morgan fingerprint density at radius 3 is 2.55 bits per heavy atom. The van der Waals surface area contributed by atoms with Gasteiger partial charge < -0.3 is 9.88 Å². The fourth-order valence-electron chi connectivity index (χ4n) is 4.01. The smallest absolute Gasteiger partial charge is 0.243 e. The van der Waals surface area contributed by atoms with Crippen LogP contribution < -0.4 is 5.48 Å². The van der Waals surface area contributed by atoms with E-state index in [0.29, 0.717) is 19.3 Å². The lowest BCUT2D eigenvalue weighted by Crippen LogP contribution is -2.48. The number of aryl methyl sites for hydroxylation is 1. The maximum atomic E-state index is 12.3. The molecule has 0 bridgehead atoms. The number of aromatic amines is 1. The minimum absolute atomic E-state index is 0.218. The monoisotopic (exact) mass is 400 g/mol. The van der Waals surface area contributed by atoms with Crippen molar-refractivity contribution >= 4 is 22.7 Å². The van der Waals surface area contributed by atoms with Crippen molar-refractivity contribution in [3.8, 4) is 0 Å². The molecule has 0 radical (unpaired) electrons. The number of fused-ring (bicyclic) bond motifs is 1. The minimum Gasteiger partial charge on any atom is -0.361 e. The maximum absolute atomic E-state index is 12.3. The van der Waals surface area contributed by atoms with E-state index >= 15 is 0 Å². The number of piperazine rings is 1. The van der Waals surface area contributed by atoms with Crippen LogP contribution in [0.15, 0.2) is 30.5 Å². The summed E-state index contributed by atoms with van der Waals surface area (Å²) in [5.74, 6) is -0.146. The molecule has 1 aromatic heterocycles. The van der Waals surface area contributed by atoms with Gasteiger partial charge in [-0.15, -0.1) is 0 Å². The molecule has 1 aromatic carbocycles. The molecule has 2 aromatic rings. The standard InChI is InChI=1S/C22H32N4O3/c27-21(24-29)10-2-1-3-11-22(28)26-15-13-25(14-16-26)12-6-7-18-17-23-20-9-5-4-8-19(18)20/h4-5,8-9,17,23,29H,1-3,6-7,10-16H2,(H,24,27). The fraction of sp³-hybridized carbons (Fsp3) is 0.545. The first-order valence-corrected chi connectivity index (χ1v) is 10.7. The lowest BCUT2D eigenvalue weighted by Gasteiger charge is -2.34. The Balaban J connectivity index is 1.29. The van der Waals surface area contributed by atoms with Gasteiger partial charge in [0.05, 0.1) is 0 Å². The molecular formula is C22H32N4O3. The summed E-state index contributed by atoms with van der Waals surface area (Å²) in [6.07, 6.45) is 7.48. The molecule has 1 aliphatic heterocycles. The number of nitrogens with one attached hydrogen (secondary N) is 2. The van der Waals surface area contributed by atoms with E-state index in [4.69, 9.17) is 5.21 Å². The highest BCUT2D eigenvalue weighted by Gasteiger charge is 2.20. The largest absolute Gasteiger partial charge is 0.361 e. The topological polar surface area (TPSA) is 88.7 Å². The molecule has 0 saturated carbocycles. The second kappa shape index (κ2) is 11.0. The Bertz CT molecular complexity index is 796. The zero-order valence-electron chi connectivity index (χ0n) is 17.0. The molecule has 3 N–H and O–H groups in total. The van der Waals surface area contributed by atoms with Gasteiger partial charge >= 0.3 is 0 Å². The Morgan fingerprint density at radius 1 is 1.00 bits per heavy atom. The maximum Gasteiger partial charge on any atom is 0.243 e. The van der Waals surface area contributed by atoms with Crippen molar-refractivity contribution in [3.63, 3.8) is 0 Å². The van der Waals surface area contributed by atoms with Crippen LogP contribution in [0.4, 0.5) is 0 Å². The molecular weight excluding hydrogens is 368 g/mol. The first-order valence-electron chi connectivity index (χ1n) is 10.7. The van der Waals surface area contributed by atoms with Crippen LogP contribution in [-0.4, -0.2) is 64.5 Å². The van der Waals surface area contributed by atoms with E-state index in [9.17, 15) is 9.59 Å². The van der Waals surface area contributed by atoms with Crippen LogP contribution in [0.1, 0.15) is 44.1 Å². The van der Waals surface area contributed by atoms with Gasteiger partial charge in [0.25, 0.3) is 0 Å². The molecule has 0 spiro atoms. The lowest BCUT2D eigenvalue weighted by molar-refractivity contribution is -0.133. The van der Waals surface area contributed by atoms with E-state index in [1.807, 2.05) is 4.90 Å². The second-order valence-corrected chi connectivity index (χ2v) is 7.78. The van der Waals surface area contributed by atoms with Crippen LogP contribution in [0.5, 0.6) is 0 Å². The van der Waals surface area contributed by atoms with Crippen molar-refractivity contribution < 1.29 is 14.8 Å². The minimum atomic E-state index is -0.364. The van der Waals surface area contributed by atoms with Crippen LogP contribution in [0.2, 0.25) is 0 Å². The Morgan fingerprint density at radius 2 is 1.76 bits per heavy atom. The van der Waals surface area contributed by atoms with Crippen LogP contribution >= 0.6 is 0 Å². The SMILES string of the molecule is O=C(CCCCCC(=O)N1CCN(CCCc2c[nH]c3ccccc23)CC1)NO. The molecule has 29 heavy (non-hydrogen) atoms. The zero-order valence-corrected chi connectivity index (χ0v) is 17.0. The van der Waals surface area contributed by atoms with Gasteiger partial charge in [0, 0.05) is 56.1 Å². The number of amides is 2. The number of H-pyrrole nitrogens is 1. The number of aromatic nitrogens is 1. The summed E-state index contributed by atoms with van der Waals surface area (Å²) in [6, 6.07) is 8.43. The van der Waals surface area contributed by atoms with E-state index in [-0.39, 0.29) is 11.8 Å². The van der Waals surface area contributed by atoms with E-state index in [0.717, 1.165) is 58.4 Å². The van der Waals surface area contributed by atoms with Gasteiger partial charge in [-0.2, -0.15) is 0 Å². The van der Waals surface area contributed by atoms with E-state index < -0.39 is 0 Å². The summed E-state index contributed by atoms with van der Waals surface area (Å²) >= 11 is 0. The lowest BCUT2D eigenvalue weighted by atomic mass is 10.1. The van der Waals surface area contributed by atoms with Crippen molar-refractivity contribution in [2.45, 2.75) is 44.9 Å². The molecule has 0 unspecified atom stereocenters. The summed E-state index contributed by atoms with van der Waals surface area (Å²) in [6.45, 7) is 4.55. The third kappa shape index (κ3) is 6.30. The highest BCUT2D eigenvalue weighted by molar-refractivity contribution is 5.83. The van der Waals surface area contributed by atoms with Crippen molar-refractivity contribution in [1.29, 1.82) is 0 Å². The van der Waals surface area contributed by atoms with Crippen molar-refractivity contribution in [2.75, 3.05) is 32.7 Å². The number of para-hydroxylation sites is 1. The van der Waals surface area contributed by atoms with Crippen LogP contribution in [0.25, 0.3) is 10.9 Å². The first-order chi connectivity index (χ1) is 14.2. The van der Waals surface area contributed by atoms with Gasteiger partial charge in [-0.25, -0.2) is 5.48 Å². The summed E-state index contributed by atoms with van der Waals surface area (Å²) in [5.41, 5.74) is 4.21. The summed E-state index contributed by atoms with van der Waals surface area (Å²) in [4.78, 5) is 31.0. The highest BCUT2D eigenvalue weighted by atomic mass is 16.5. The summed E-state index contributed by atoms with van der Waals surface area (Å²) in [7, 11) is 0. The zero-order chi connectivity index (χ0) is 20.5. The van der Waals surface area contributed by atoms with E-state index in [1.165, 1.54) is 16.5 Å². The number of carbonyl (C=O) groups excluding carboxylic acids is 2. The highest BCUT2D eigenvalue weighted by Crippen LogP contribution is 2.19. The van der Waals surface area contributed by atoms with Gasteiger partial charge in [-0.05, 0) is 43.9 Å². The normalized spacial score (nSPS) is 15.0. The van der Waals surface area contributed by atoms with Crippen molar-refractivity contribution in [1.82, 2.24) is 20.3 Å². The number of benzene rings is 1. The van der Waals surface area contributed by atoms with Gasteiger partial charge in [-0.3, -0.25) is 19.7 Å². The number of hydroxylamine groups is 1. The Labute approximate surface area is 172 Å². The Hall–Kier alpha value is -2.38. The molecule has 7 heteroatoms. The molecule has 3 rings (SSSR count). The number of hydrogen-bond donors (Lipinski definition) is 3. The van der Waals surface area contributed by atoms with E-state index in [2.05, 4.69) is 40.3 Å². The third-order valence-electron chi connectivity index (χ3n) is 5.74. The number of hydrogen-bond acceptors (Lipinski definition) is 4. The van der Waals surface area contributed by atoms with Crippen LogP contribution in [0.3, 0.4) is 0 Å². The fourth-order valence-corrected chi connectivity index (χ4v) is 4.01. The summed E-state index contributed by atoms with van der Waals surface area (Å²) in [5, 5.41) is 9.77. The molecule has 2 heterocycles. The Kier molecular flexibility index (Phi) is 8.07. The molecule has 7 nitrogen and oxygen atoms in total. The molecule has 1 aliphatic rings. The number of carbonyl (C=O) groups is 2. The molecule has 2 amide bonds. The number of nitrogens with zero attached hydrogens (tertiary/aromatic N) is 2. The van der Waals surface area contributed by atoms with Gasteiger partial charge in [0.1, 0.15) is 0 Å². The average Bonchev–Trinajstić information content (AvgIpc) is 3.17. The van der Waals surface area contributed by atoms with Crippen molar-refractivity contribution in [2.24, 2.45) is 0 Å². The second-order valence-electron chi connectivity index (χ2n) is 7.78. The number of rotatable bonds is 10. The van der Waals surface area contributed by atoms with Crippen LogP contribution in [-0.2, 0) is 16.0 Å². The van der Waals surface area contributed by atoms with Crippen molar-refractivity contribution in [3.05, 3.63) is 36.0 Å². The van der Waals surface area contributed by atoms with Crippen LogP contribution in [0, 0.1) is 0 Å². The first kappa shape index (κ1) is 21.3. The third-order valence-corrected chi connectivity index (χ3v) is 5.74. The van der Waals surface area contributed by atoms with E-state index in [1.54, 1.807) is 5.48 Å². The predicted molar refractivity (Wildman–Crippen MR) is 113 cm³/mol. The molecule has 0 aliphatic carbocycles. The summed E-state index contributed by atoms with van der Waals surface area (Å²) < 4.78 is 0.